The molecule has 0 aromatic heterocycles. The molecule has 0 spiro atoms. The monoisotopic (exact) mass is 290 g/mol. The zero-order valence-electron chi connectivity index (χ0n) is 13.1. The molecule has 0 saturated heterocycles. The average Bonchev–Trinajstić information content (AvgIpc) is 2.52. The molecule has 0 heterocycles. The minimum Gasteiger partial charge on any atom is -0.354 e. The third-order valence-corrected chi connectivity index (χ3v) is 3.21. The number of carbonyl (C=O) groups is 1. The fourth-order valence-corrected chi connectivity index (χ4v) is 1.75. The van der Waals surface area contributed by atoms with Crippen LogP contribution in [0.2, 0.25) is 0 Å². The van der Waals surface area contributed by atoms with Crippen LogP contribution >= 0.6 is 0 Å². The van der Waals surface area contributed by atoms with Crippen molar-refractivity contribution in [1.82, 2.24) is 16.0 Å². The fraction of sp³-hybridized carbons (Fsp3) is 0.500. The van der Waals surface area contributed by atoms with Crippen LogP contribution in [0.5, 0.6) is 0 Å². The van der Waals surface area contributed by atoms with E-state index in [1.807, 2.05) is 18.2 Å². The standard InChI is InChI=1S/C16H26N4O/c1-4-13(2)20-16(17-3)19-12-15(21)18-11-10-14-8-6-5-7-9-14/h5-9,13H,4,10-12H2,1-3H3,(H,18,21)(H2,17,19,20). The summed E-state index contributed by atoms with van der Waals surface area (Å²) < 4.78 is 0. The molecule has 1 unspecified atom stereocenters. The van der Waals surface area contributed by atoms with Crippen molar-refractivity contribution in [3.63, 3.8) is 0 Å². The molecule has 1 aromatic carbocycles. The highest BCUT2D eigenvalue weighted by Crippen LogP contribution is 1.97. The largest absolute Gasteiger partial charge is 0.354 e. The highest BCUT2D eigenvalue weighted by Gasteiger charge is 2.05. The molecule has 0 aliphatic carbocycles. The Kier molecular flexibility index (Phi) is 7.94. The van der Waals surface area contributed by atoms with Crippen molar-refractivity contribution in [3.05, 3.63) is 35.9 Å². The predicted octanol–water partition coefficient (Wildman–Crippen LogP) is 1.31. The number of nitrogens with zero attached hydrogens (tertiary/aromatic N) is 1. The molecule has 0 aliphatic heterocycles. The van der Waals surface area contributed by atoms with E-state index in [1.54, 1.807) is 7.05 Å². The maximum atomic E-state index is 11.8. The molecule has 3 N–H and O–H groups in total. The number of carbonyl (C=O) groups excluding carboxylic acids is 1. The van der Waals surface area contributed by atoms with Gasteiger partial charge < -0.3 is 16.0 Å². The van der Waals surface area contributed by atoms with Gasteiger partial charge in [-0.15, -0.1) is 0 Å². The van der Waals surface area contributed by atoms with Gasteiger partial charge in [-0.25, -0.2) is 0 Å². The van der Waals surface area contributed by atoms with Crippen molar-refractivity contribution in [2.75, 3.05) is 20.1 Å². The summed E-state index contributed by atoms with van der Waals surface area (Å²) in [6.45, 7) is 5.04. The van der Waals surface area contributed by atoms with Crippen LogP contribution in [0, 0.1) is 0 Å². The van der Waals surface area contributed by atoms with Gasteiger partial charge in [0.25, 0.3) is 0 Å². The molecule has 0 saturated carbocycles. The molecule has 5 nitrogen and oxygen atoms in total. The van der Waals surface area contributed by atoms with Gasteiger partial charge >= 0.3 is 0 Å². The van der Waals surface area contributed by atoms with Crippen molar-refractivity contribution in [1.29, 1.82) is 0 Å². The summed E-state index contributed by atoms with van der Waals surface area (Å²) in [4.78, 5) is 15.8. The summed E-state index contributed by atoms with van der Waals surface area (Å²) in [5, 5.41) is 9.12. The quantitative estimate of drug-likeness (QED) is 0.524. The Morgan fingerprint density at radius 1 is 1.24 bits per heavy atom. The van der Waals surface area contributed by atoms with Gasteiger partial charge in [0.05, 0.1) is 6.54 Å². The van der Waals surface area contributed by atoms with Crippen LogP contribution in [-0.4, -0.2) is 38.0 Å². The normalized spacial score (nSPS) is 12.6. The van der Waals surface area contributed by atoms with Crippen LogP contribution < -0.4 is 16.0 Å². The van der Waals surface area contributed by atoms with Gasteiger partial charge in [-0.1, -0.05) is 37.3 Å². The Hall–Kier alpha value is -2.04. The molecule has 0 radical (unpaired) electrons. The summed E-state index contributed by atoms with van der Waals surface area (Å²) in [5.74, 6) is 0.626. The summed E-state index contributed by atoms with van der Waals surface area (Å²) in [5.41, 5.74) is 1.22. The Morgan fingerprint density at radius 3 is 2.57 bits per heavy atom. The third kappa shape index (κ3) is 7.34. The number of amides is 1. The van der Waals surface area contributed by atoms with Crippen molar-refractivity contribution >= 4 is 11.9 Å². The second-order valence-electron chi connectivity index (χ2n) is 4.96. The van der Waals surface area contributed by atoms with E-state index < -0.39 is 0 Å². The first-order chi connectivity index (χ1) is 10.2. The van der Waals surface area contributed by atoms with Crippen LogP contribution in [0.15, 0.2) is 35.3 Å². The summed E-state index contributed by atoms with van der Waals surface area (Å²) in [6.07, 6.45) is 1.84. The minimum absolute atomic E-state index is 0.0296. The van der Waals surface area contributed by atoms with Crippen LogP contribution in [0.3, 0.4) is 0 Å². The van der Waals surface area contributed by atoms with Crippen LogP contribution in [-0.2, 0) is 11.2 Å². The zero-order chi connectivity index (χ0) is 15.5. The van der Waals surface area contributed by atoms with Crippen molar-refractivity contribution in [2.45, 2.75) is 32.7 Å². The highest BCUT2D eigenvalue weighted by atomic mass is 16.1. The number of nitrogens with one attached hydrogen (secondary N) is 3. The number of benzene rings is 1. The Bertz CT molecular complexity index is 445. The molecule has 0 bridgehead atoms. The van der Waals surface area contributed by atoms with Crippen LogP contribution in [0.25, 0.3) is 0 Å². The van der Waals surface area contributed by atoms with Gasteiger partial charge in [0.1, 0.15) is 0 Å². The van der Waals surface area contributed by atoms with E-state index in [0.29, 0.717) is 18.5 Å². The lowest BCUT2D eigenvalue weighted by Gasteiger charge is -2.16. The molecule has 5 heteroatoms. The lowest BCUT2D eigenvalue weighted by molar-refractivity contribution is -0.119. The van der Waals surface area contributed by atoms with E-state index in [9.17, 15) is 4.79 Å². The fourth-order valence-electron chi connectivity index (χ4n) is 1.75. The van der Waals surface area contributed by atoms with E-state index in [1.165, 1.54) is 5.56 Å². The second-order valence-corrected chi connectivity index (χ2v) is 4.96. The van der Waals surface area contributed by atoms with E-state index in [-0.39, 0.29) is 12.5 Å². The number of hydrogen-bond donors (Lipinski definition) is 3. The molecule has 0 aliphatic rings. The predicted molar refractivity (Wildman–Crippen MR) is 87.4 cm³/mol. The Balaban J connectivity index is 2.21. The lowest BCUT2D eigenvalue weighted by Crippen LogP contribution is -2.46. The molecule has 116 valence electrons. The average molecular weight is 290 g/mol. The maximum absolute atomic E-state index is 11.8. The highest BCUT2D eigenvalue weighted by molar-refractivity contribution is 5.86. The molecule has 1 atom stereocenters. The third-order valence-electron chi connectivity index (χ3n) is 3.21. The van der Waals surface area contributed by atoms with Gasteiger partial charge in [0.15, 0.2) is 5.96 Å². The first kappa shape index (κ1) is 17.0. The van der Waals surface area contributed by atoms with E-state index >= 15 is 0 Å². The Morgan fingerprint density at radius 2 is 1.95 bits per heavy atom. The molecule has 1 rings (SSSR count). The van der Waals surface area contributed by atoms with Gasteiger partial charge in [0.2, 0.25) is 5.91 Å². The number of aliphatic imine (C=N–C) groups is 1. The molecular formula is C16H26N4O. The Labute approximate surface area is 127 Å². The molecule has 0 fully saturated rings. The van der Waals surface area contributed by atoms with Gasteiger partial charge in [-0.3, -0.25) is 9.79 Å². The van der Waals surface area contributed by atoms with Crippen LogP contribution in [0.4, 0.5) is 0 Å². The topological polar surface area (TPSA) is 65.5 Å². The van der Waals surface area contributed by atoms with Gasteiger partial charge in [-0.05, 0) is 25.3 Å². The maximum Gasteiger partial charge on any atom is 0.239 e. The number of hydrogen-bond acceptors (Lipinski definition) is 2. The SMILES string of the molecule is CCC(C)NC(=NC)NCC(=O)NCCc1ccccc1. The smallest absolute Gasteiger partial charge is 0.239 e. The second kappa shape index (κ2) is 9.80. The summed E-state index contributed by atoms with van der Waals surface area (Å²) >= 11 is 0. The van der Waals surface area contributed by atoms with Crippen molar-refractivity contribution in [2.24, 2.45) is 4.99 Å². The summed E-state index contributed by atoms with van der Waals surface area (Å²) in [6, 6.07) is 10.4. The van der Waals surface area contributed by atoms with Crippen molar-refractivity contribution < 1.29 is 4.79 Å². The molecule has 21 heavy (non-hydrogen) atoms. The number of guanidine groups is 1. The number of rotatable bonds is 7. The lowest BCUT2D eigenvalue weighted by atomic mass is 10.1. The van der Waals surface area contributed by atoms with Crippen molar-refractivity contribution in [3.8, 4) is 0 Å². The first-order valence-corrected chi connectivity index (χ1v) is 7.43. The van der Waals surface area contributed by atoms with Gasteiger partial charge in [0, 0.05) is 19.6 Å². The van der Waals surface area contributed by atoms with E-state index in [2.05, 4.69) is 46.9 Å². The van der Waals surface area contributed by atoms with E-state index in [0.717, 1.165) is 12.8 Å². The molecule has 1 amide bonds. The van der Waals surface area contributed by atoms with Gasteiger partial charge in [-0.2, -0.15) is 0 Å². The van der Waals surface area contributed by atoms with E-state index in [4.69, 9.17) is 0 Å². The minimum atomic E-state index is -0.0296. The van der Waals surface area contributed by atoms with Crippen LogP contribution in [0.1, 0.15) is 25.8 Å². The molecular weight excluding hydrogens is 264 g/mol. The zero-order valence-corrected chi connectivity index (χ0v) is 13.1. The summed E-state index contributed by atoms with van der Waals surface area (Å²) in [7, 11) is 1.70. The molecule has 1 aromatic rings. The first-order valence-electron chi connectivity index (χ1n) is 7.43.